The van der Waals surface area contributed by atoms with Crippen LogP contribution >= 0.6 is 34.8 Å². The van der Waals surface area contributed by atoms with Crippen molar-refractivity contribution in [2.24, 2.45) is 0 Å². The van der Waals surface area contributed by atoms with Crippen LogP contribution in [0.5, 0.6) is 5.75 Å². The van der Waals surface area contributed by atoms with Crippen LogP contribution in [-0.2, 0) is 9.59 Å². The fraction of sp³-hybridized carbons (Fsp3) is 0. The van der Waals surface area contributed by atoms with Gasteiger partial charge in [-0.15, -0.1) is 0 Å². The Labute approximate surface area is 233 Å². The number of hydrogen-bond donors (Lipinski definition) is 1. The van der Waals surface area contributed by atoms with E-state index in [-0.39, 0.29) is 21.4 Å². The molecule has 1 N–H and O–H groups in total. The fourth-order valence-electron chi connectivity index (χ4n) is 3.83. The molecular weight excluding hydrogens is 547 g/mol. The molecule has 6 nitrogen and oxygen atoms in total. The van der Waals surface area contributed by atoms with Crippen molar-refractivity contribution in [3.63, 3.8) is 0 Å². The molecule has 0 atom stereocenters. The average molecular weight is 564 g/mol. The fourth-order valence-corrected chi connectivity index (χ4v) is 4.41. The zero-order valence-electron chi connectivity index (χ0n) is 19.5. The lowest BCUT2D eigenvalue weighted by Crippen LogP contribution is -2.32. The Bertz CT molecular complexity index is 1580. The van der Waals surface area contributed by atoms with E-state index in [4.69, 9.17) is 39.5 Å². The Kier molecular flexibility index (Phi) is 7.20. The maximum Gasteiger partial charge on any atom is 0.343 e. The number of imide groups is 1. The largest absolute Gasteiger partial charge is 0.423 e. The van der Waals surface area contributed by atoms with Gasteiger partial charge in [-0.05, 0) is 65.7 Å². The molecule has 0 saturated carbocycles. The van der Waals surface area contributed by atoms with Crippen LogP contribution in [0.2, 0.25) is 10.0 Å². The van der Waals surface area contributed by atoms with Crippen LogP contribution in [0, 0.1) is 0 Å². The first-order valence-electron chi connectivity index (χ1n) is 11.3. The van der Waals surface area contributed by atoms with Crippen LogP contribution in [0.1, 0.15) is 10.4 Å². The number of nitrogens with one attached hydrogen (secondary N) is 1. The number of benzene rings is 4. The quantitative estimate of drug-likeness (QED) is 0.151. The van der Waals surface area contributed by atoms with Crippen molar-refractivity contribution in [2.45, 2.75) is 0 Å². The second-order valence-corrected chi connectivity index (χ2v) is 9.43. The summed E-state index contributed by atoms with van der Waals surface area (Å²) in [5.41, 5.74) is 2.79. The van der Waals surface area contributed by atoms with Gasteiger partial charge in [0.1, 0.15) is 16.5 Å². The monoisotopic (exact) mass is 562 g/mol. The summed E-state index contributed by atoms with van der Waals surface area (Å²) in [4.78, 5) is 39.2. The van der Waals surface area contributed by atoms with Crippen molar-refractivity contribution in [2.75, 3.05) is 10.2 Å². The lowest BCUT2D eigenvalue weighted by molar-refractivity contribution is -0.120. The van der Waals surface area contributed by atoms with Gasteiger partial charge < -0.3 is 10.1 Å². The first kappa shape index (κ1) is 25.5. The van der Waals surface area contributed by atoms with Gasteiger partial charge in [0.05, 0.1) is 16.3 Å². The molecule has 0 aliphatic carbocycles. The van der Waals surface area contributed by atoms with Crippen molar-refractivity contribution in [1.82, 2.24) is 0 Å². The first-order chi connectivity index (χ1) is 18.3. The lowest BCUT2D eigenvalue weighted by Gasteiger charge is -2.17. The minimum Gasteiger partial charge on any atom is -0.423 e. The van der Waals surface area contributed by atoms with E-state index < -0.39 is 17.8 Å². The summed E-state index contributed by atoms with van der Waals surface area (Å²) in [6.07, 6.45) is 0. The minimum atomic E-state index is -0.734. The van der Waals surface area contributed by atoms with Gasteiger partial charge in [0.25, 0.3) is 11.8 Å². The summed E-state index contributed by atoms with van der Waals surface area (Å²) in [5.74, 6) is -1.56. The Morgan fingerprint density at radius 2 is 1.39 bits per heavy atom. The molecule has 1 heterocycles. The summed E-state index contributed by atoms with van der Waals surface area (Å²) < 4.78 is 5.48. The third-order valence-corrected chi connectivity index (χ3v) is 6.64. The molecule has 0 saturated heterocycles. The third-order valence-electron chi connectivity index (χ3n) is 5.74. The topological polar surface area (TPSA) is 75.7 Å². The number of anilines is 2. The van der Waals surface area contributed by atoms with E-state index in [0.29, 0.717) is 22.0 Å². The Morgan fingerprint density at radius 1 is 0.737 bits per heavy atom. The first-order valence-corrected chi connectivity index (χ1v) is 12.4. The van der Waals surface area contributed by atoms with E-state index in [1.165, 1.54) is 24.3 Å². The molecule has 0 spiro atoms. The van der Waals surface area contributed by atoms with E-state index in [1.54, 1.807) is 30.3 Å². The third kappa shape index (κ3) is 5.15. The van der Waals surface area contributed by atoms with Gasteiger partial charge in [0.15, 0.2) is 0 Å². The Morgan fingerprint density at radius 3 is 2.08 bits per heavy atom. The molecule has 9 heteroatoms. The summed E-state index contributed by atoms with van der Waals surface area (Å²) >= 11 is 18.4. The highest BCUT2D eigenvalue weighted by Gasteiger charge is 2.40. The van der Waals surface area contributed by atoms with Gasteiger partial charge in [-0.25, -0.2) is 9.69 Å². The van der Waals surface area contributed by atoms with Crippen molar-refractivity contribution >= 4 is 64.0 Å². The standard InChI is InChI=1S/C29H17Cl3N2O4/c30-20-10-15-23(31)24(16-20)34-27(35)25(32)26(28(34)36)33-21-11-6-19(7-12-21)29(37)38-22-13-8-18(9-14-22)17-4-2-1-3-5-17/h1-16,33H. The summed E-state index contributed by atoms with van der Waals surface area (Å²) in [6.45, 7) is 0. The van der Waals surface area contributed by atoms with Gasteiger partial charge in [-0.1, -0.05) is 77.3 Å². The smallest absolute Gasteiger partial charge is 0.343 e. The molecule has 38 heavy (non-hydrogen) atoms. The molecule has 1 aliphatic heterocycles. The predicted molar refractivity (Wildman–Crippen MR) is 149 cm³/mol. The molecule has 0 aromatic heterocycles. The van der Waals surface area contributed by atoms with Crippen LogP contribution < -0.4 is 15.0 Å². The Hall–Kier alpha value is -4.10. The number of halogens is 3. The summed E-state index contributed by atoms with van der Waals surface area (Å²) in [6, 6.07) is 27.7. The van der Waals surface area contributed by atoms with Crippen molar-refractivity contribution in [3.05, 3.63) is 123 Å². The molecule has 5 rings (SSSR count). The second-order valence-electron chi connectivity index (χ2n) is 8.21. The number of carbonyl (C=O) groups excluding carboxylic acids is 3. The van der Waals surface area contributed by atoms with Gasteiger partial charge in [0.2, 0.25) is 0 Å². The van der Waals surface area contributed by atoms with E-state index in [9.17, 15) is 14.4 Å². The van der Waals surface area contributed by atoms with E-state index in [2.05, 4.69) is 5.32 Å². The molecule has 0 unspecified atom stereocenters. The highest BCUT2D eigenvalue weighted by atomic mass is 35.5. The predicted octanol–water partition coefficient (Wildman–Crippen LogP) is 7.32. The minimum absolute atomic E-state index is 0.124. The maximum atomic E-state index is 13.0. The molecule has 188 valence electrons. The molecule has 0 fully saturated rings. The second kappa shape index (κ2) is 10.7. The van der Waals surface area contributed by atoms with Gasteiger partial charge in [-0.2, -0.15) is 0 Å². The van der Waals surface area contributed by atoms with E-state index >= 15 is 0 Å². The summed E-state index contributed by atoms with van der Waals surface area (Å²) in [5, 5.41) is 3.02. The number of ether oxygens (including phenoxy) is 1. The van der Waals surface area contributed by atoms with Gasteiger partial charge >= 0.3 is 5.97 Å². The number of carbonyl (C=O) groups is 3. The van der Waals surface area contributed by atoms with Crippen molar-refractivity contribution in [3.8, 4) is 16.9 Å². The molecule has 4 aromatic carbocycles. The molecule has 0 radical (unpaired) electrons. The van der Waals surface area contributed by atoms with Gasteiger partial charge in [0, 0.05) is 10.7 Å². The maximum absolute atomic E-state index is 13.0. The Balaban J connectivity index is 1.26. The van der Waals surface area contributed by atoms with Crippen LogP contribution in [0.15, 0.2) is 108 Å². The molecule has 0 bridgehead atoms. The van der Waals surface area contributed by atoms with Crippen LogP contribution in [0.3, 0.4) is 0 Å². The molecular formula is C29H17Cl3N2O4. The van der Waals surface area contributed by atoms with Crippen LogP contribution in [0.25, 0.3) is 11.1 Å². The molecule has 4 aromatic rings. The van der Waals surface area contributed by atoms with Crippen molar-refractivity contribution in [1.29, 1.82) is 0 Å². The highest BCUT2D eigenvalue weighted by molar-refractivity contribution is 6.54. The number of rotatable bonds is 6. The zero-order valence-corrected chi connectivity index (χ0v) is 21.7. The molecule has 1 aliphatic rings. The number of amides is 2. The normalized spacial score (nSPS) is 13.2. The SMILES string of the molecule is O=C(Oc1ccc(-c2ccccc2)cc1)c1ccc(NC2=C(Cl)C(=O)N(c3cc(Cl)ccc3Cl)C2=O)cc1. The summed E-state index contributed by atoms with van der Waals surface area (Å²) in [7, 11) is 0. The lowest BCUT2D eigenvalue weighted by atomic mass is 10.1. The molecule has 2 amide bonds. The van der Waals surface area contributed by atoms with E-state index in [0.717, 1.165) is 16.0 Å². The van der Waals surface area contributed by atoms with Crippen molar-refractivity contribution < 1.29 is 19.1 Å². The number of nitrogens with zero attached hydrogens (tertiary/aromatic N) is 1. The number of esters is 1. The number of hydrogen-bond acceptors (Lipinski definition) is 5. The zero-order chi connectivity index (χ0) is 26.8. The van der Waals surface area contributed by atoms with Crippen LogP contribution in [0.4, 0.5) is 11.4 Å². The van der Waals surface area contributed by atoms with E-state index in [1.807, 2.05) is 42.5 Å². The highest BCUT2D eigenvalue weighted by Crippen LogP contribution is 2.36. The van der Waals surface area contributed by atoms with Gasteiger partial charge in [-0.3, -0.25) is 9.59 Å². The van der Waals surface area contributed by atoms with Crippen LogP contribution in [-0.4, -0.2) is 17.8 Å². The average Bonchev–Trinajstić information content (AvgIpc) is 3.14.